The first kappa shape index (κ1) is 18.0. The lowest BCUT2D eigenvalue weighted by atomic mass is 10.2. The zero-order valence-electron chi connectivity index (χ0n) is 15.5. The first-order chi connectivity index (χ1) is 13.0. The standard InChI is InChI=1S/C19H22BrN5O2/c1-3-4-10-25-17(26)15-16(22(2)19(25)27)21-18-23(11-5-12-24(15)18)14-8-6-13(20)7-9-14/h6-9H,3-5,10-12H2,1-2H3. The summed E-state index contributed by atoms with van der Waals surface area (Å²) in [6.45, 7) is 4.03. The normalized spacial score (nSPS) is 14.0. The second-order valence-corrected chi connectivity index (χ2v) is 7.78. The van der Waals surface area contributed by atoms with Crippen molar-refractivity contribution >= 4 is 38.7 Å². The lowest BCUT2D eigenvalue weighted by molar-refractivity contribution is 0.560. The van der Waals surface area contributed by atoms with Crippen LogP contribution >= 0.6 is 15.9 Å². The van der Waals surface area contributed by atoms with E-state index in [1.165, 1.54) is 9.13 Å². The topological polar surface area (TPSA) is 65.1 Å². The van der Waals surface area contributed by atoms with Gasteiger partial charge in [0.1, 0.15) is 0 Å². The van der Waals surface area contributed by atoms with Gasteiger partial charge in [0.2, 0.25) is 5.95 Å². The first-order valence-electron chi connectivity index (χ1n) is 9.26. The number of fused-ring (bicyclic) bond motifs is 3. The van der Waals surface area contributed by atoms with E-state index in [9.17, 15) is 9.59 Å². The molecule has 1 aromatic carbocycles. The Morgan fingerprint density at radius 3 is 2.59 bits per heavy atom. The molecule has 7 nitrogen and oxygen atoms in total. The molecule has 0 radical (unpaired) electrons. The van der Waals surface area contributed by atoms with Gasteiger partial charge in [-0.1, -0.05) is 29.3 Å². The van der Waals surface area contributed by atoms with Crippen LogP contribution in [0.5, 0.6) is 0 Å². The maximum atomic E-state index is 13.1. The van der Waals surface area contributed by atoms with Gasteiger partial charge in [-0.25, -0.2) is 4.79 Å². The molecule has 0 amide bonds. The van der Waals surface area contributed by atoms with E-state index in [4.69, 9.17) is 4.98 Å². The molecule has 3 aromatic rings. The van der Waals surface area contributed by atoms with Gasteiger partial charge in [0, 0.05) is 36.8 Å². The molecule has 3 heterocycles. The largest absolute Gasteiger partial charge is 0.332 e. The molecular weight excluding hydrogens is 410 g/mol. The summed E-state index contributed by atoms with van der Waals surface area (Å²) in [6.07, 6.45) is 2.63. The fourth-order valence-corrected chi connectivity index (χ4v) is 3.91. The predicted octanol–water partition coefficient (Wildman–Crippen LogP) is 3.00. The van der Waals surface area contributed by atoms with Crippen LogP contribution in [0.25, 0.3) is 11.2 Å². The molecule has 1 aliphatic heterocycles. The molecule has 4 rings (SSSR count). The SMILES string of the molecule is CCCCn1c(=O)c2c(nc3n2CCCN3c2ccc(Br)cc2)n(C)c1=O. The number of benzene rings is 1. The van der Waals surface area contributed by atoms with Gasteiger partial charge in [-0.15, -0.1) is 0 Å². The van der Waals surface area contributed by atoms with Gasteiger partial charge in [-0.05, 0) is 37.1 Å². The molecule has 27 heavy (non-hydrogen) atoms. The number of rotatable bonds is 4. The number of halogens is 1. The van der Waals surface area contributed by atoms with E-state index in [2.05, 4.69) is 20.8 Å². The van der Waals surface area contributed by atoms with Gasteiger partial charge in [0.05, 0.1) is 0 Å². The molecule has 8 heteroatoms. The minimum absolute atomic E-state index is 0.238. The minimum atomic E-state index is -0.299. The van der Waals surface area contributed by atoms with Crippen molar-refractivity contribution in [1.82, 2.24) is 18.7 Å². The molecule has 0 unspecified atom stereocenters. The Labute approximate surface area is 165 Å². The number of unbranched alkanes of at least 4 members (excludes halogenated alkanes) is 1. The van der Waals surface area contributed by atoms with Crippen LogP contribution in [0, 0.1) is 0 Å². The Hall–Kier alpha value is -2.35. The van der Waals surface area contributed by atoms with Crippen LogP contribution < -0.4 is 16.1 Å². The number of hydrogen-bond acceptors (Lipinski definition) is 4. The smallest absolute Gasteiger partial charge is 0.312 e. The molecule has 0 saturated heterocycles. The lowest BCUT2D eigenvalue weighted by Gasteiger charge is -2.29. The zero-order chi connectivity index (χ0) is 19.1. The Kier molecular flexibility index (Phi) is 4.67. The third-order valence-electron chi connectivity index (χ3n) is 5.09. The molecule has 0 atom stereocenters. The number of hydrogen-bond donors (Lipinski definition) is 0. The summed E-state index contributed by atoms with van der Waals surface area (Å²) >= 11 is 3.46. The summed E-state index contributed by atoms with van der Waals surface area (Å²) in [4.78, 5) is 32.6. The lowest BCUT2D eigenvalue weighted by Crippen LogP contribution is -2.40. The van der Waals surface area contributed by atoms with Crippen molar-refractivity contribution in [3.8, 4) is 0 Å². The Morgan fingerprint density at radius 1 is 1.15 bits per heavy atom. The molecule has 0 bridgehead atoms. The Bertz CT molecular complexity index is 1110. The number of anilines is 2. The van der Waals surface area contributed by atoms with E-state index in [1.54, 1.807) is 7.05 Å². The highest BCUT2D eigenvalue weighted by Gasteiger charge is 2.26. The van der Waals surface area contributed by atoms with Crippen molar-refractivity contribution in [3.63, 3.8) is 0 Å². The molecule has 0 spiro atoms. The average Bonchev–Trinajstić information content (AvgIpc) is 3.07. The van der Waals surface area contributed by atoms with Crippen LogP contribution in [-0.4, -0.2) is 25.2 Å². The average molecular weight is 432 g/mol. The third-order valence-corrected chi connectivity index (χ3v) is 5.62. The van der Waals surface area contributed by atoms with Crippen molar-refractivity contribution in [2.75, 3.05) is 11.4 Å². The van der Waals surface area contributed by atoms with Gasteiger partial charge < -0.3 is 9.47 Å². The van der Waals surface area contributed by atoms with E-state index in [0.717, 1.165) is 48.5 Å². The van der Waals surface area contributed by atoms with Crippen LogP contribution in [0.2, 0.25) is 0 Å². The van der Waals surface area contributed by atoms with Gasteiger partial charge in [-0.3, -0.25) is 13.9 Å². The quantitative estimate of drug-likeness (QED) is 0.636. The molecule has 0 fully saturated rings. The second kappa shape index (κ2) is 6.99. The fraction of sp³-hybridized carbons (Fsp3) is 0.421. The van der Waals surface area contributed by atoms with E-state index in [1.807, 2.05) is 35.8 Å². The van der Waals surface area contributed by atoms with Crippen molar-refractivity contribution in [2.24, 2.45) is 7.05 Å². The van der Waals surface area contributed by atoms with Crippen molar-refractivity contribution in [1.29, 1.82) is 0 Å². The van der Waals surface area contributed by atoms with Gasteiger partial charge in [0.25, 0.3) is 5.56 Å². The Balaban J connectivity index is 1.94. The van der Waals surface area contributed by atoms with Crippen molar-refractivity contribution in [3.05, 3.63) is 49.6 Å². The van der Waals surface area contributed by atoms with Crippen LogP contribution in [0.4, 0.5) is 11.6 Å². The van der Waals surface area contributed by atoms with Crippen molar-refractivity contribution < 1.29 is 0 Å². The summed E-state index contributed by atoms with van der Waals surface area (Å²) in [7, 11) is 1.69. The van der Waals surface area contributed by atoms with Crippen LogP contribution in [0.3, 0.4) is 0 Å². The molecule has 2 aromatic heterocycles. The summed E-state index contributed by atoms with van der Waals surface area (Å²) in [5.74, 6) is 0.721. The van der Waals surface area contributed by atoms with Crippen LogP contribution in [0.15, 0.2) is 38.3 Å². The molecule has 142 valence electrons. The maximum Gasteiger partial charge on any atom is 0.332 e. The molecule has 1 aliphatic rings. The monoisotopic (exact) mass is 431 g/mol. The number of nitrogens with zero attached hydrogens (tertiary/aromatic N) is 5. The maximum absolute atomic E-state index is 13.1. The summed E-state index contributed by atoms with van der Waals surface area (Å²) in [5, 5.41) is 0. The first-order valence-corrected chi connectivity index (χ1v) is 10.1. The second-order valence-electron chi connectivity index (χ2n) is 6.87. The predicted molar refractivity (Wildman–Crippen MR) is 110 cm³/mol. The number of aryl methyl sites for hydroxylation is 2. The minimum Gasteiger partial charge on any atom is -0.312 e. The summed E-state index contributed by atoms with van der Waals surface area (Å²) < 4.78 is 5.82. The van der Waals surface area contributed by atoms with Crippen LogP contribution in [-0.2, 0) is 20.1 Å². The number of imidazole rings is 1. The van der Waals surface area contributed by atoms with Crippen LogP contribution in [0.1, 0.15) is 26.2 Å². The summed E-state index contributed by atoms with van der Waals surface area (Å²) in [6, 6.07) is 8.03. The Morgan fingerprint density at radius 2 is 1.89 bits per heavy atom. The fourth-order valence-electron chi connectivity index (χ4n) is 3.64. The summed E-state index contributed by atoms with van der Waals surface area (Å²) in [5.41, 5.74) is 1.46. The van der Waals surface area contributed by atoms with Gasteiger partial charge in [0.15, 0.2) is 11.2 Å². The van der Waals surface area contributed by atoms with Gasteiger partial charge in [-0.2, -0.15) is 4.98 Å². The molecule has 0 saturated carbocycles. The highest BCUT2D eigenvalue weighted by Crippen LogP contribution is 2.31. The van der Waals surface area contributed by atoms with E-state index < -0.39 is 0 Å². The van der Waals surface area contributed by atoms with E-state index >= 15 is 0 Å². The molecule has 0 N–H and O–H groups in total. The highest BCUT2D eigenvalue weighted by molar-refractivity contribution is 9.10. The highest BCUT2D eigenvalue weighted by atomic mass is 79.9. The van der Waals surface area contributed by atoms with Crippen molar-refractivity contribution in [2.45, 2.75) is 39.3 Å². The van der Waals surface area contributed by atoms with E-state index in [-0.39, 0.29) is 11.2 Å². The molecule has 0 aliphatic carbocycles. The molecular formula is C19H22BrN5O2. The number of aromatic nitrogens is 4. The van der Waals surface area contributed by atoms with Gasteiger partial charge >= 0.3 is 5.69 Å². The third kappa shape index (κ3) is 2.92. The van der Waals surface area contributed by atoms with E-state index in [0.29, 0.717) is 17.7 Å². The zero-order valence-corrected chi connectivity index (χ0v) is 17.1.